The average molecular weight is 393 g/mol. The molecule has 0 saturated carbocycles. The molecule has 0 aliphatic carbocycles. The van der Waals surface area contributed by atoms with E-state index in [0.717, 1.165) is 12.1 Å². The number of benzene rings is 2. The number of carbonyl (C=O) groups excluding carboxylic acids is 2. The molecule has 0 fully saturated rings. The first-order chi connectivity index (χ1) is 13.1. The molecule has 2 amide bonds. The molecule has 0 aromatic heterocycles. The number of halogens is 3. The van der Waals surface area contributed by atoms with Crippen LogP contribution < -0.4 is 10.7 Å². The molecule has 0 unspecified atom stereocenters. The molecular formula is C19H18F3N3O3. The van der Waals surface area contributed by atoms with Gasteiger partial charge in [-0.1, -0.05) is 18.2 Å². The Hall–Kier alpha value is -3.36. The fraction of sp³-hybridized carbons (Fsp3) is 0.211. The van der Waals surface area contributed by atoms with Crippen LogP contribution in [0.25, 0.3) is 0 Å². The van der Waals surface area contributed by atoms with Gasteiger partial charge in [0.05, 0.1) is 17.5 Å². The number of aromatic hydroxyl groups is 1. The van der Waals surface area contributed by atoms with Crippen molar-refractivity contribution in [2.45, 2.75) is 26.4 Å². The second kappa shape index (κ2) is 8.55. The molecule has 0 bridgehead atoms. The summed E-state index contributed by atoms with van der Waals surface area (Å²) in [6, 6.07) is 8.91. The summed E-state index contributed by atoms with van der Waals surface area (Å²) in [7, 11) is 0. The van der Waals surface area contributed by atoms with Crippen molar-refractivity contribution >= 4 is 23.2 Å². The van der Waals surface area contributed by atoms with Crippen LogP contribution in [0.4, 0.5) is 18.9 Å². The predicted octanol–water partition coefficient (Wildman–Crippen LogP) is 3.85. The number of hydrogen-bond donors (Lipinski definition) is 3. The molecule has 0 aliphatic heterocycles. The lowest BCUT2D eigenvalue weighted by atomic mass is 10.1. The summed E-state index contributed by atoms with van der Waals surface area (Å²) in [6.07, 6.45) is -4.75. The van der Waals surface area contributed by atoms with E-state index in [1.807, 2.05) is 0 Å². The smallest absolute Gasteiger partial charge is 0.416 e. The molecule has 2 rings (SSSR count). The minimum atomic E-state index is -4.51. The van der Waals surface area contributed by atoms with Crippen LogP contribution in [-0.4, -0.2) is 22.6 Å². The Morgan fingerprint density at radius 3 is 2.50 bits per heavy atom. The molecule has 0 heterocycles. The van der Waals surface area contributed by atoms with E-state index in [-0.39, 0.29) is 29.1 Å². The van der Waals surface area contributed by atoms with E-state index in [2.05, 4.69) is 15.8 Å². The molecule has 3 N–H and O–H groups in total. The topological polar surface area (TPSA) is 90.8 Å². The van der Waals surface area contributed by atoms with Crippen LogP contribution in [0.2, 0.25) is 0 Å². The number of phenols is 1. The van der Waals surface area contributed by atoms with Gasteiger partial charge in [-0.15, -0.1) is 0 Å². The molecule has 0 spiro atoms. The zero-order valence-electron chi connectivity index (χ0n) is 15.1. The van der Waals surface area contributed by atoms with E-state index in [0.29, 0.717) is 5.56 Å². The molecule has 9 heteroatoms. The Bertz CT molecular complexity index is 924. The van der Waals surface area contributed by atoms with Gasteiger partial charge in [-0.2, -0.15) is 18.3 Å². The van der Waals surface area contributed by atoms with Crippen molar-refractivity contribution in [3.63, 3.8) is 0 Å². The lowest BCUT2D eigenvalue weighted by Crippen LogP contribution is -2.21. The number of hydrazone groups is 1. The number of anilines is 1. The maximum absolute atomic E-state index is 12.7. The first-order valence-corrected chi connectivity index (χ1v) is 8.17. The molecule has 0 aliphatic rings. The Balaban J connectivity index is 1.97. The summed E-state index contributed by atoms with van der Waals surface area (Å²) in [6.45, 7) is 3.11. The zero-order chi connectivity index (χ0) is 20.9. The van der Waals surface area contributed by atoms with Gasteiger partial charge in [0.2, 0.25) is 5.91 Å². The largest absolute Gasteiger partial charge is 0.507 e. The van der Waals surface area contributed by atoms with Gasteiger partial charge in [-0.25, -0.2) is 5.43 Å². The van der Waals surface area contributed by atoms with Gasteiger partial charge in [0.15, 0.2) is 0 Å². The van der Waals surface area contributed by atoms with E-state index in [9.17, 15) is 27.9 Å². The Morgan fingerprint density at radius 2 is 1.82 bits per heavy atom. The highest BCUT2D eigenvalue weighted by molar-refractivity contribution is 6.06. The van der Waals surface area contributed by atoms with Gasteiger partial charge >= 0.3 is 6.18 Å². The van der Waals surface area contributed by atoms with Crippen molar-refractivity contribution in [2.24, 2.45) is 5.10 Å². The van der Waals surface area contributed by atoms with Crippen LogP contribution in [0.3, 0.4) is 0 Å². The number of aryl methyl sites for hydroxylation is 1. The number of hydrogen-bond acceptors (Lipinski definition) is 4. The molecule has 0 saturated heterocycles. The SMILES string of the molecule is CC(CC(=O)Nc1cccc(C(F)(F)F)c1)=NNC(=O)c1cccc(C)c1O. The lowest BCUT2D eigenvalue weighted by molar-refractivity contribution is -0.137. The second-order valence-corrected chi connectivity index (χ2v) is 6.06. The van der Waals surface area contributed by atoms with Crippen LogP contribution in [-0.2, 0) is 11.0 Å². The zero-order valence-corrected chi connectivity index (χ0v) is 15.1. The Labute approximate surface area is 159 Å². The highest BCUT2D eigenvalue weighted by Crippen LogP contribution is 2.30. The fourth-order valence-corrected chi connectivity index (χ4v) is 2.30. The van der Waals surface area contributed by atoms with Crippen LogP contribution in [0, 0.1) is 6.92 Å². The van der Waals surface area contributed by atoms with Crippen molar-refractivity contribution in [3.05, 3.63) is 59.2 Å². The van der Waals surface area contributed by atoms with Crippen LogP contribution in [0.5, 0.6) is 5.75 Å². The first kappa shape index (κ1) is 20.9. The molecule has 0 radical (unpaired) electrons. The average Bonchev–Trinajstić information content (AvgIpc) is 2.61. The van der Waals surface area contributed by atoms with E-state index in [1.54, 1.807) is 19.1 Å². The van der Waals surface area contributed by atoms with E-state index >= 15 is 0 Å². The maximum atomic E-state index is 12.7. The van der Waals surface area contributed by atoms with E-state index < -0.39 is 23.6 Å². The van der Waals surface area contributed by atoms with Crippen molar-refractivity contribution < 1.29 is 27.9 Å². The standard InChI is InChI=1S/C19H18F3N3O3/c1-11-5-3-8-15(17(11)27)18(28)25-24-12(2)9-16(26)23-14-7-4-6-13(10-14)19(20,21)22/h3-8,10,27H,9H2,1-2H3,(H,23,26)(H,25,28). The fourth-order valence-electron chi connectivity index (χ4n) is 2.30. The number of carbonyl (C=O) groups is 2. The number of nitrogens with one attached hydrogen (secondary N) is 2. The van der Waals surface area contributed by atoms with Crippen molar-refractivity contribution in [3.8, 4) is 5.75 Å². The Morgan fingerprint density at radius 1 is 1.14 bits per heavy atom. The van der Waals surface area contributed by atoms with Gasteiger partial charge in [-0.3, -0.25) is 9.59 Å². The number of phenolic OH excluding ortho intramolecular Hbond substituents is 1. The van der Waals surface area contributed by atoms with Crippen LogP contribution in [0.1, 0.15) is 34.8 Å². The summed E-state index contributed by atoms with van der Waals surface area (Å²) in [5, 5.41) is 16.0. The van der Waals surface area contributed by atoms with Gasteiger partial charge in [0.25, 0.3) is 5.91 Å². The number of para-hydroxylation sites is 1. The number of rotatable bonds is 5. The molecule has 2 aromatic carbocycles. The van der Waals surface area contributed by atoms with Crippen molar-refractivity contribution in [2.75, 3.05) is 5.32 Å². The summed E-state index contributed by atoms with van der Waals surface area (Å²) in [5.74, 6) is -1.41. The predicted molar refractivity (Wildman–Crippen MR) is 98.1 cm³/mol. The van der Waals surface area contributed by atoms with Gasteiger partial charge < -0.3 is 10.4 Å². The third-order valence-electron chi connectivity index (χ3n) is 3.72. The molecule has 28 heavy (non-hydrogen) atoms. The van der Waals surface area contributed by atoms with Gasteiger partial charge in [0.1, 0.15) is 5.75 Å². The number of amides is 2. The third kappa shape index (κ3) is 5.57. The molecule has 0 atom stereocenters. The highest BCUT2D eigenvalue weighted by atomic mass is 19.4. The normalized spacial score (nSPS) is 11.8. The second-order valence-electron chi connectivity index (χ2n) is 6.06. The third-order valence-corrected chi connectivity index (χ3v) is 3.72. The summed E-state index contributed by atoms with van der Waals surface area (Å²) < 4.78 is 38.1. The van der Waals surface area contributed by atoms with Gasteiger partial charge in [0, 0.05) is 11.4 Å². The van der Waals surface area contributed by atoms with Crippen LogP contribution >= 0.6 is 0 Å². The molecular weight excluding hydrogens is 375 g/mol. The first-order valence-electron chi connectivity index (χ1n) is 8.17. The summed E-state index contributed by atoms with van der Waals surface area (Å²) in [5.41, 5.74) is 2.13. The van der Waals surface area contributed by atoms with Gasteiger partial charge in [-0.05, 0) is 43.7 Å². The van der Waals surface area contributed by atoms with Crippen molar-refractivity contribution in [1.82, 2.24) is 5.43 Å². The van der Waals surface area contributed by atoms with Crippen molar-refractivity contribution in [1.29, 1.82) is 0 Å². The maximum Gasteiger partial charge on any atom is 0.416 e. The van der Waals surface area contributed by atoms with E-state index in [4.69, 9.17) is 0 Å². The molecule has 2 aromatic rings. The summed E-state index contributed by atoms with van der Waals surface area (Å²) >= 11 is 0. The quantitative estimate of drug-likeness (QED) is 0.532. The Kier molecular flexibility index (Phi) is 6.40. The monoisotopic (exact) mass is 393 g/mol. The minimum Gasteiger partial charge on any atom is -0.507 e. The number of nitrogens with zero attached hydrogens (tertiary/aromatic N) is 1. The number of alkyl halides is 3. The highest BCUT2D eigenvalue weighted by Gasteiger charge is 2.30. The minimum absolute atomic E-state index is 0.00124. The molecule has 6 nitrogen and oxygen atoms in total. The summed E-state index contributed by atoms with van der Waals surface area (Å²) in [4.78, 5) is 24.0. The lowest BCUT2D eigenvalue weighted by Gasteiger charge is -2.10. The molecule has 148 valence electrons. The van der Waals surface area contributed by atoms with E-state index in [1.165, 1.54) is 25.1 Å². The van der Waals surface area contributed by atoms with Crippen LogP contribution in [0.15, 0.2) is 47.6 Å².